The van der Waals surface area contributed by atoms with Gasteiger partial charge in [0.2, 0.25) is 5.91 Å². The molecule has 0 saturated heterocycles. The van der Waals surface area contributed by atoms with Gasteiger partial charge >= 0.3 is 5.97 Å². The molecule has 0 aliphatic heterocycles. The van der Waals surface area contributed by atoms with Crippen molar-refractivity contribution in [3.05, 3.63) is 30.0 Å². The summed E-state index contributed by atoms with van der Waals surface area (Å²) in [6.07, 6.45) is 0.350. The van der Waals surface area contributed by atoms with Gasteiger partial charge in [-0.15, -0.1) is 0 Å². The summed E-state index contributed by atoms with van der Waals surface area (Å²) < 4.78 is 0. The normalized spacial score (nSPS) is 12.1. The predicted octanol–water partition coefficient (Wildman–Crippen LogP) is 1.30. The second kappa shape index (κ2) is 8.27. The van der Waals surface area contributed by atoms with Crippen LogP contribution in [0.3, 0.4) is 0 Å². The Morgan fingerprint density at radius 3 is 2.64 bits per heavy atom. The van der Waals surface area contributed by atoms with E-state index in [-0.39, 0.29) is 30.5 Å². The van der Waals surface area contributed by atoms with Crippen molar-refractivity contribution in [3.63, 3.8) is 0 Å². The Morgan fingerprint density at radius 2 is 1.96 bits per heavy atom. The van der Waals surface area contributed by atoms with Crippen molar-refractivity contribution in [2.45, 2.75) is 32.7 Å². The average molecular weight is 346 g/mol. The molecule has 0 spiro atoms. The summed E-state index contributed by atoms with van der Waals surface area (Å²) in [4.78, 5) is 35.2. The number of amides is 2. The molecule has 1 heterocycles. The fourth-order valence-electron chi connectivity index (χ4n) is 2.47. The van der Waals surface area contributed by atoms with Gasteiger partial charge in [0.05, 0.1) is 5.52 Å². The van der Waals surface area contributed by atoms with E-state index in [0.29, 0.717) is 11.8 Å². The Bertz CT molecular complexity index is 769. The largest absolute Gasteiger partial charge is 0.480 e. The van der Waals surface area contributed by atoms with E-state index in [4.69, 9.17) is 5.11 Å². The number of nitrogens with one attached hydrogen (secondary N) is 3. The second-order valence-electron chi connectivity index (χ2n) is 6.21. The summed E-state index contributed by atoms with van der Waals surface area (Å²) in [5.41, 5.74) is 1.02. The average Bonchev–Trinajstić information content (AvgIpc) is 2.97. The number of fused-ring (bicyclic) bond motifs is 1. The van der Waals surface area contributed by atoms with Crippen molar-refractivity contribution >= 4 is 28.7 Å². The van der Waals surface area contributed by atoms with Crippen LogP contribution in [0.2, 0.25) is 0 Å². The summed E-state index contributed by atoms with van der Waals surface area (Å²) in [6.45, 7) is 3.87. The van der Waals surface area contributed by atoms with Crippen molar-refractivity contribution in [2.24, 2.45) is 5.92 Å². The molecule has 2 rings (SSSR count). The van der Waals surface area contributed by atoms with Crippen LogP contribution in [0.5, 0.6) is 0 Å². The number of nitrogens with zero attached hydrogens (tertiary/aromatic N) is 1. The zero-order valence-electron chi connectivity index (χ0n) is 14.2. The number of carboxylic acids is 1. The molecule has 8 heteroatoms. The highest BCUT2D eigenvalue weighted by molar-refractivity contribution is 6.04. The minimum absolute atomic E-state index is 0.00400. The number of hydrogen-bond donors (Lipinski definition) is 4. The number of aromatic nitrogens is 2. The first-order valence-corrected chi connectivity index (χ1v) is 8.12. The van der Waals surface area contributed by atoms with Gasteiger partial charge in [0.25, 0.3) is 5.91 Å². The number of aliphatic carboxylic acids is 1. The van der Waals surface area contributed by atoms with E-state index in [1.807, 2.05) is 32.0 Å². The third-order valence-corrected chi connectivity index (χ3v) is 3.66. The van der Waals surface area contributed by atoms with Crippen molar-refractivity contribution in [3.8, 4) is 0 Å². The van der Waals surface area contributed by atoms with E-state index in [2.05, 4.69) is 20.8 Å². The van der Waals surface area contributed by atoms with Gasteiger partial charge in [-0.2, -0.15) is 5.10 Å². The van der Waals surface area contributed by atoms with Gasteiger partial charge in [0.15, 0.2) is 5.69 Å². The third-order valence-electron chi connectivity index (χ3n) is 3.66. The zero-order valence-corrected chi connectivity index (χ0v) is 14.2. The molecule has 0 aliphatic carbocycles. The number of carbonyl (C=O) groups excluding carboxylic acids is 2. The van der Waals surface area contributed by atoms with E-state index in [1.165, 1.54) is 0 Å². The van der Waals surface area contributed by atoms with Gasteiger partial charge in [0.1, 0.15) is 6.04 Å². The lowest BCUT2D eigenvalue weighted by atomic mass is 10.0. The molecule has 1 atom stereocenters. The Kier molecular flexibility index (Phi) is 6.10. The first kappa shape index (κ1) is 18.4. The summed E-state index contributed by atoms with van der Waals surface area (Å²) in [7, 11) is 0. The van der Waals surface area contributed by atoms with Gasteiger partial charge in [-0.05, 0) is 18.4 Å². The molecule has 0 radical (unpaired) electrons. The molecule has 0 saturated carbocycles. The maximum absolute atomic E-state index is 12.2. The van der Waals surface area contributed by atoms with Crippen LogP contribution >= 0.6 is 0 Å². The van der Waals surface area contributed by atoms with Gasteiger partial charge < -0.3 is 15.7 Å². The smallest absolute Gasteiger partial charge is 0.326 e. The molecular weight excluding hydrogens is 324 g/mol. The van der Waals surface area contributed by atoms with E-state index < -0.39 is 17.9 Å². The molecule has 2 amide bonds. The van der Waals surface area contributed by atoms with Gasteiger partial charge in [-0.25, -0.2) is 4.79 Å². The van der Waals surface area contributed by atoms with Gasteiger partial charge in [-0.1, -0.05) is 32.0 Å². The van der Waals surface area contributed by atoms with Crippen molar-refractivity contribution in [2.75, 3.05) is 6.54 Å². The van der Waals surface area contributed by atoms with Crippen molar-refractivity contribution in [1.82, 2.24) is 20.8 Å². The topological polar surface area (TPSA) is 124 Å². The summed E-state index contributed by atoms with van der Waals surface area (Å²) in [6, 6.07) is 6.32. The Labute approximate surface area is 145 Å². The number of benzene rings is 1. The maximum atomic E-state index is 12.2. The molecule has 4 N–H and O–H groups in total. The summed E-state index contributed by atoms with van der Waals surface area (Å²) in [5, 5.41) is 21.7. The first-order chi connectivity index (χ1) is 11.9. The minimum atomic E-state index is -1.06. The van der Waals surface area contributed by atoms with Crippen LogP contribution < -0.4 is 10.6 Å². The number of carbonyl (C=O) groups is 3. The number of aromatic amines is 1. The lowest BCUT2D eigenvalue weighted by molar-refractivity contribution is -0.142. The van der Waals surface area contributed by atoms with Crippen LogP contribution in [0.25, 0.3) is 10.9 Å². The highest BCUT2D eigenvalue weighted by atomic mass is 16.4. The van der Waals surface area contributed by atoms with E-state index in [0.717, 1.165) is 5.52 Å². The zero-order chi connectivity index (χ0) is 18.4. The number of carboxylic acid groups (broad SMARTS) is 1. The molecule has 1 aromatic carbocycles. The summed E-state index contributed by atoms with van der Waals surface area (Å²) >= 11 is 0. The Balaban J connectivity index is 1.84. The molecule has 0 unspecified atom stereocenters. The van der Waals surface area contributed by atoms with E-state index >= 15 is 0 Å². The molecule has 0 fully saturated rings. The summed E-state index contributed by atoms with van der Waals surface area (Å²) in [5.74, 6) is -1.72. The first-order valence-electron chi connectivity index (χ1n) is 8.12. The van der Waals surface area contributed by atoms with Gasteiger partial charge in [0, 0.05) is 18.4 Å². The van der Waals surface area contributed by atoms with E-state index in [9.17, 15) is 14.4 Å². The molecule has 25 heavy (non-hydrogen) atoms. The molecular formula is C17H22N4O4. The standard InChI is InChI=1S/C17H22N4O4/c1-10(2)9-13(17(24)25)19-14(22)7-8-18-16(23)15-11-5-3-4-6-12(11)20-21-15/h3-6,10,13H,7-9H2,1-2H3,(H,18,23)(H,19,22)(H,20,21)(H,24,25)/t13-/m0/s1. The SMILES string of the molecule is CC(C)C[C@H](NC(=O)CCNC(=O)c1n[nH]c2ccccc12)C(=O)O. The minimum Gasteiger partial charge on any atom is -0.480 e. The number of para-hydroxylation sites is 1. The van der Waals surface area contributed by atoms with E-state index in [1.54, 1.807) is 6.07 Å². The highest BCUT2D eigenvalue weighted by Gasteiger charge is 2.21. The highest BCUT2D eigenvalue weighted by Crippen LogP contribution is 2.14. The molecule has 0 aliphatic rings. The van der Waals surface area contributed by atoms with Gasteiger partial charge in [-0.3, -0.25) is 14.7 Å². The van der Waals surface area contributed by atoms with Crippen molar-refractivity contribution < 1.29 is 19.5 Å². The fraction of sp³-hybridized carbons (Fsp3) is 0.412. The van der Waals surface area contributed by atoms with Crippen LogP contribution in [0.1, 0.15) is 37.2 Å². The third kappa shape index (κ3) is 5.03. The number of rotatable bonds is 8. The fourth-order valence-corrected chi connectivity index (χ4v) is 2.47. The Hall–Kier alpha value is -2.90. The Morgan fingerprint density at radius 1 is 1.24 bits per heavy atom. The van der Waals surface area contributed by atoms with Crippen LogP contribution in [0.15, 0.2) is 24.3 Å². The van der Waals surface area contributed by atoms with Crippen LogP contribution in [-0.4, -0.2) is 45.7 Å². The van der Waals surface area contributed by atoms with Crippen LogP contribution in [0, 0.1) is 5.92 Å². The maximum Gasteiger partial charge on any atom is 0.326 e. The predicted molar refractivity (Wildman–Crippen MR) is 92.1 cm³/mol. The molecule has 2 aromatic rings. The monoisotopic (exact) mass is 346 g/mol. The lowest BCUT2D eigenvalue weighted by Gasteiger charge is -2.16. The second-order valence-corrected chi connectivity index (χ2v) is 6.21. The molecule has 8 nitrogen and oxygen atoms in total. The van der Waals surface area contributed by atoms with Crippen LogP contribution in [-0.2, 0) is 9.59 Å². The molecule has 1 aromatic heterocycles. The lowest BCUT2D eigenvalue weighted by Crippen LogP contribution is -2.42. The van der Waals surface area contributed by atoms with Crippen LogP contribution in [0.4, 0.5) is 0 Å². The molecule has 134 valence electrons. The quantitative estimate of drug-likeness (QED) is 0.573. The molecule has 0 bridgehead atoms. The number of hydrogen-bond acceptors (Lipinski definition) is 4. The van der Waals surface area contributed by atoms with Crippen molar-refractivity contribution in [1.29, 1.82) is 0 Å². The number of H-pyrrole nitrogens is 1.